The molecule has 2 aromatic carbocycles. The van der Waals surface area contributed by atoms with Crippen LogP contribution in [0, 0.1) is 11.8 Å². The number of halogens is 1. The van der Waals surface area contributed by atoms with E-state index in [2.05, 4.69) is 70.5 Å². The fraction of sp³-hybridized carbons (Fsp3) is 0.517. The van der Waals surface area contributed by atoms with Gasteiger partial charge in [0.05, 0.1) is 17.9 Å². The Hall–Kier alpha value is -2.21. The van der Waals surface area contributed by atoms with Gasteiger partial charge in [-0.3, -0.25) is 19.4 Å². The van der Waals surface area contributed by atoms with E-state index in [9.17, 15) is 9.59 Å². The second-order valence-electron chi connectivity index (χ2n) is 10.1. The van der Waals surface area contributed by atoms with Crippen molar-refractivity contribution in [2.75, 3.05) is 39.3 Å². The number of imide groups is 1. The molecule has 35 heavy (non-hydrogen) atoms. The third-order valence-corrected chi connectivity index (χ3v) is 8.04. The molecule has 3 aliphatic rings. The van der Waals surface area contributed by atoms with Crippen molar-refractivity contribution in [3.8, 4) is 0 Å². The summed E-state index contributed by atoms with van der Waals surface area (Å²) in [7, 11) is 0. The summed E-state index contributed by atoms with van der Waals surface area (Å²) in [6, 6.07) is 21.9. The van der Waals surface area contributed by atoms with E-state index in [0.29, 0.717) is 12.6 Å². The fourth-order valence-corrected chi connectivity index (χ4v) is 6.19. The van der Waals surface area contributed by atoms with Gasteiger partial charge in [0.15, 0.2) is 0 Å². The Bertz CT molecular complexity index is 899. The van der Waals surface area contributed by atoms with Crippen LogP contribution in [-0.4, -0.2) is 65.8 Å². The maximum atomic E-state index is 12.7. The van der Waals surface area contributed by atoms with Gasteiger partial charge in [0.1, 0.15) is 0 Å². The van der Waals surface area contributed by atoms with E-state index in [-0.39, 0.29) is 36.1 Å². The van der Waals surface area contributed by atoms with Crippen LogP contribution < -0.4 is 0 Å². The second kappa shape index (κ2) is 12.2. The number of piperazine rings is 1. The quantitative estimate of drug-likeness (QED) is 0.391. The second-order valence-corrected chi connectivity index (χ2v) is 10.1. The van der Waals surface area contributed by atoms with Crippen LogP contribution in [0.3, 0.4) is 0 Å². The van der Waals surface area contributed by atoms with Crippen LogP contribution in [0.2, 0.25) is 0 Å². The van der Waals surface area contributed by atoms with Crippen LogP contribution in [0.1, 0.15) is 55.7 Å². The molecular weight excluding hydrogens is 458 g/mol. The molecule has 0 aromatic heterocycles. The van der Waals surface area contributed by atoms with Crippen molar-refractivity contribution >= 4 is 24.2 Å². The molecule has 2 aromatic rings. The van der Waals surface area contributed by atoms with E-state index in [1.807, 2.05) is 0 Å². The third kappa shape index (κ3) is 5.79. The van der Waals surface area contributed by atoms with Crippen molar-refractivity contribution in [2.45, 2.75) is 44.6 Å². The molecule has 0 N–H and O–H groups in total. The summed E-state index contributed by atoms with van der Waals surface area (Å²) >= 11 is 0. The molecule has 2 amide bonds. The topological polar surface area (TPSA) is 43.9 Å². The molecule has 2 saturated heterocycles. The number of likely N-dealkylation sites (tertiary alicyclic amines) is 1. The number of hydrogen-bond acceptors (Lipinski definition) is 4. The van der Waals surface area contributed by atoms with Crippen LogP contribution in [0.15, 0.2) is 60.7 Å². The molecule has 1 aliphatic carbocycles. The van der Waals surface area contributed by atoms with Gasteiger partial charge in [-0.25, -0.2) is 0 Å². The molecule has 2 aliphatic heterocycles. The van der Waals surface area contributed by atoms with Crippen molar-refractivity contribution in [3.05, 3.63) is 71.8 Å². The number of nitrogens with zero attached hydrogens (tertiary/aromatic N) is 3. The van der Waals surface area contributed by atoms with E-state index < -0.39 is 0 Å². The SMILES string of the molecule is Cl.O=C1C2CCCCC2C(=O)N1CCCCN1CCN(C(c2ccccc2)c2ccccc2)CC1. The first-order chi connectivity index (χ1) is 16.7. The van der Waals surface area contributed by atoms with Gasteiger partial charge in [0, 0.05) is 32.7 Å². The lowest BCUT2D eigenvalue weighted by Gasteiger charge is -2.40. The van der Waals surface area contributed by atoms with Gasteiger partial charge < -0.3 is 4.90 Å². The van der Waals surface area contributed by atoms with Gasteiger partial charge in [-0.05, 0) is 43.4 Å². The van der Waals surface area contributed by atoms with E-state index >= 15 is 0 Å². The van der Waals surface area contributed by atoms with E-state index in [1.54, 1.807) is 4.90 Å². The van der Waals surface area contributed by atoms with Crippen molar-refractivity contribution in [1.82, 2.24) is 14.7 Å². The zero-order valence-corrected chi connectivity index (χ0v) is 21.4. The van der Waals surface area contributed by atoms with Crippen LogP contribution in [0.25, 0.3) is 0 Å². The predicted octanol–water partition coefficient (Wildman–Crippen LogP) is 4.77. The summed E-state index contributed by atoms with van der Waals surface area (Å²) in [6.45, 7) is 5.85. The van der Waals surface area contributed by atoms with E-state index in [4.69, 9.17) is 0 Å². The molecule has 0 radical (unpaired) electrons. The highest BCUT2D eigenvalue weighted by Crippen LogP contribution is 2.38. The lowest BCUT2D eigenvalue weighted by atomic mass is 9.81. The standard InChI is InChI=1S/C29H37N3O2.ClH/c33-28-25-15-7-8-16-26(25)29(34)32(28)18-10-9-17-30-19-21-31(22-20-30)27(23-11-3-1-4-12-23)24-13-5-2-6-14-24;/h1-6,11-14,25-27H,7-10,15-22H2;1H. The number of amides is 2. The van der Waals surface area contributed by atoms with Crippen LogP contribution >= 0.6 is 12.4 Å². The number of unbranched alkanes of at least 4 members (excludes halogenated alkanes) is 1. The minimum absolute atomic E-state index is 0. The zero-order chi connectivity index (χ0) is 23.3. The Morgan fingerprint density at radius 1 is 0.686 bits per heavy atom. The van der Waals surface area contributed by atoms with Gasteiger partial charge in [-0.15, -0.1) is 12.4 Å². The summed E-state index contributed by atoms with van der Waals surface area (Å²) in [4.78, 5) is 32.1. The first kappa shape index (κ1) is 25.9. The molecule has 5 nitrogen and oxygen atoms in total. The molecule has 2 heterocycles. The smallest absolute Gasteiger partial charge is 0.233 e. The highest BCUT2D eigenvalue weighted by atomic mass is 35.5. The fourth-order valence-electron chi connectivity index (χ4n) is 6.19. The average molecular weight is 496 g/mol. The Morgan fingerprint density at radius 2 is 1.17 bits per heavy atom. The highest BCUT2D eigenvalue weighted by Gasteiger charge is 2.47. The summed E-state index contributed by atoms with van der Waals surface area (Å²) in [5.41, 5.74) is 2.70. The maximum absolute atomic E-state index is 12.7. The van der Waals surface area contributed by atoms with E-state index in [0.717, 1.165) is 71.2 Å². The maximum Gasteiger partial charge on any atom is 0.233 e. The Labute approximate surface area is 215 Å². The summed E-state index contributed by atoms with van der Waals surface area (Å²) in [5, 5.41) is 0. The van der Waals surface area contributed by atoms with Crippen molar-refractivity contribution in [3.63, 3.8) is 0 Å². The van der Waals surface area contributed by atoms with E-state index in [1.165, 1.54) is 11.1 Å². The minimum atomic E-state index is -0.0171. The average Bonchev–Trinajstić information content (AvgIpc) is 3.14. The van der Waals surface area contributed by atoms with Crippen molar-refractivity contribution in [2.24, 2.45) is 11.8 Å². The normalized spacial score (nSPS) is 23.4. The van der Waals surface area contributed by atoms with Gasteiger partial charge in [-0.1, -0.05) is 73.5 Å². The molecular formula is C29H38ClN3O2. The molecule has 3 fully saturated rings. The summed E-state index contributed by atoms with van der Waals surface area (Å²) < 4.78 is 0. The largest absolute Gasteiger partial charge is 0.301 e. The van der Waals surface area contributed by atoms with Gasteiger partial charge in [0.25, 0.3) is 0 Å². The van der Waals surface area contributed by atoms with Crippen molar-refractivity contribution < 1.29 is 9.59 Å². The summed E-state index contributed by atoms with van der Waals surface area (Å²) in [6.07, 6.45) is 5.94. The monoisotopic (exact) mass is 495 g/mol. The Kier molecular flexibility index (Phi) is 8.99. The molecule has 1 saturated carbocycles. The lowest BCUT2D eigenvalue weighted by Crippen LogP contribution is -2.48. The minimum Gasteiger partial charge on any atom is -0.301 e. The molecule has 188 valence electrons. The van der Waals surface area contributed by atoms with Gasteiger partial charge in [0.2, 0.25) is 11.8 Å². The predicted molar refractivity (Wildman–Crippen MR) is 141 cm³/mol. The molecule has 0 bridgehead atoms. The number of carbonyl (C=O) groups is 2. The highest BCUT2D eigenvalue weighted by molar-refractivity contribution is 6.05. The van der Waals surface area contributed by atoms with Gasteiger partial charge >= 0.3 is 0 Å². The lowest BCUT2D eigenvalue weighted by molar-refractivity contribution is -0.140. The molecule has 5 rings (SSSR count). The molecule has 2 unspecified atom stereocenters. The molecule has 6 heteroatoms. The number of carbonyl (C=O) groups excluding carboxylic acids is 2. The number of fused-ring (bicyclic) bond motifs is 1. The first-order valence-electron chi connectivity index (χ1n) is 13.1. The molecule has 0 spiro atoms. The zero-order valence-electron chi connectivity index (χ0n) is 20.6. The summed E-state index contributed by atoms with van der Waals surface area (Å²) in [5.74, 6) is 0.181. The van der Waals surface area contributed by atoms with Crippen LogP contribution in [0.5, 0.6) is 0 Å². The molecule has 2 atom stereocenters. The van der Waals surface area contributed by atoms with Crippen LogP contribution in [0.4, 0.5) is 0 Å². The first-order valence-corrected chi connectivity index (χ1v) is 13.1. The Balaban J connectivity index is 0.00000289. The number of rotatable bonds is 8. The van der Waals surface area contributed by atoms with Crippen molar-refractivity contribution in [1.29, 1.82) is 0 Å². The van der Waals surface area contributed by atoms with Gasteiger partial charge in [-0.2, -0.15) is 0 Å². The third-order valence-electron chi connectivity index (χ3n) is 8.04. The van der Waals surface area contributed by atoms with Crippen LogP contribution in [-0.2, 0) is 9.59 Å². The number of hydrogen-bond donors (Lipinski definition) is 0. The number of benzene rings is 2. The Morgan fingerprint density at radius 3 is 1.69 bits per heavy atom.